The van der Waals surface area contributed by atoms with E-state index in [1.165, 1.54) is 0 Å². The molecule has 0 aliphatic heterocycles. The van der Waals surface area contributed by atoms with Crippen molar-refractivity contribution in [3.63, 3.8) is 0 Å². The molecule has 0 aliphatic rings. The first-order valence-electron chi connectivity index (χ1n) is 2.78. The number of rotatable bonds is 1. The summed E-state index contributed by atoms with van der Waals surface area (Å²) in [7, 11) is 5.42. The Morgan fingerprint density at radius 2 is 1.91 bits per heavy atom. The molecule has 0 atom stereocenters. The van der Waals surface area contributed by atoms with Crippen molar-refractivity contribution in [1.29, 1.82) is 0 Å². The number of aliphatic hydroxyl groups is 1. The smallest absolute Gasteiger partial charge is 0.870 e. The molecule has 0 saturated heterocycles. The predicted octanol–water partition coefficient (Wildman–Crippen LogP) is -0.381. The third-order valence-corrected chi connectivity index (χ3v) is 1.13. The van der Waals surface area contributed by atoms with E-state index in [2.05, 4.69) is 0 Å². The number of hydrogen-bond acceptors (Lipinski definition) is 3. The van der Waals surface area contributed by atoms with Crippen LogP contribution in [0.25, 0.3) is 0 Å². The van der Waals surface area contributed by atoms with Gasteiger partial charge < -0.3 is 11.0 Å². The van der Waals surface area contributed by atoms with Crippen LogP contribution in [0.5, 0.6) is 0 Å². The molecule has 0 aromatic heterocycles. The maximum Gasteiger partial charge on any atom is -0.870 e. The minimum atomic E-state index is 0. The van der Waals surface area contributed by atoms with Crippen LogP contribution >= 0.6 is 0 Å². The summed E-state index contributed by atoms with van der Waals surface area (Å²) >= 11 is 0. The van der Waals surface area contributed by atoms with Crippen LogP contribution in [0.1, 0.15) is 5.56 Å². The average Bonchev–Trinajstić information content (AvgIpc) is 1.88. The normalized spacial score (nSPS) is 7.91. The number of benzene rings is 1. The molecule has 0 amide bonds. The topological polar surface area (TPSA) is 80.2 Å². The van der Waals surface area contributed by atoms with E-state index in [0.29, 0.717) is 5.46 Å². The second kappa shape index (κ2) is 5.91. The minimum Gasteiger partial charge on any atom is -0.870 e. The quantitative estimate of drug-likeness (QED) is 0.556. The van der Waals surface area contributed by atoms with Gasteiger partial charge in [-0.05, 0) is 0 Å². The SMILES string of the molecule is [B+2]c1cccc(CO)c1.[OH-].[OH-]. The van der Waals surface area contributed by atoms with Crippen molar-refractivity contribution in [2.45, 2.75) is 6.61 Å². The van der Waals surface area contributed by atoms with Crippen LogP contribution in [-0.4, -0.2) is 23.9 Å². The first kappa shape index (κ1) is 12.8. The maximum atomic E-state index is 8.61. The molecule has 0 spiro atoms. The summed E-state index contributed by atoms with van der Waals surface area (Å²) in [4.78, 5) is 0. The molecule has 58 valence electrons. The molecule has 0 radical (unpaired) electrons. The second-order valence-corrected chi connectivity index (χ2v) is 1.90. The van der Waals surface area contributed by atoms with Crippen molar-refractivity contribution >= 4 is 13.3 Å². The molecule has 0 bridgehead atoms. The summed E-state index contributed by atoms with van der Waals surface area (Å²) in [5, 5.41) is 8.61. The molecule has 3 N–H and O–H groups in total. The van der Waals surface area contributed by atoms with E-state index in [9.17, 15) is 0 Å². The molecule has 1 aromatic carbocycles. The molecule has 0 saturated carbocycles. The average molecular weight is 152 g/mol. The maximum absolute atomic E-state index is 8.61. The zero-order valence-electron chi connectivity index (χ0n) is 5.94. The molecule has 4 heteroatoms. The van der Waals surface area contributed by atoms with Crippen molar-refractivity contribution in [1.82, 2.24) is 0 Å². The summed E-state index contributed by atoms with van der Waals surface area (Å²) in [5.74, 6) is 0. The molecular weight excluding hydrogens is 143 g/mol. The third-order valence-electron chi connectivity index (χ3n) is 1.13. The van der Waals surface area contributed by atoms with Crippen molar-refractivity contribution in [2.24, 2.45) is 0 Å². The Morgan fingerprint density at radius 3 is 2.27 bits per heavy atom. The van der Waals surface area contributed by atoms with Crippen LogP contribution in [0.3, 0.4) is 0 Å². The fourth-order valence-electron chi connectivity index (χ4n) is 0.691. The van der Waals surface area contributed by atoms with Gasteiger partial charge in [-0.1, -0.05) is 0 Å². The summed E-state index contributed by atoms with van der Waals surface area (Å²) in [6, 6.07) is 7.19. The molecule has 11 heavy (non-hydrogen) atoms. The summed E-state index contributed by atoms with van der Waals surface area (Å²) in [6.45, 7) is 0.0606. The van der Waals surface area contributed by atoms with Crippen LogP contribution in [0.2, 0.25) is 0 Å². The molecular formula is C7H9BO3. The van der Waals surface area contributed by atoms with Gasteiger partial charge in [-0.15, -0.1) is 0 Å². The molecule has 1 aromatic rings. The number of hydrogen-bond donors (Lipinski definition) is 1. The van der Waals surface area contributed by atoms with E-state index >= 15 is 0 Å². The predicted molar refractivity (Wildman–Crippen MR) is 41.6 cm³/mol. The molecule has 0 heterocycles. The van der Waals surface area contributed by atoms with Gasteiger partial charge in [-0.25, -0.2) is 0 Å². The summed E-state index contributed by atoms with van der Waals surface area (Å²) in [5.41, 5.74) is 1.55. The Morgan fingerprint density at radius 1 is 1.27 bits per heavy atom. The van der Waals surface area contributed by atoms with Gasteiger partial charge in [-0.2, -0.15) is 0 Å². The Labute approximate surface area is 66.7 Å². The van der Waals surface area contributed by atoms with Gasteiger partial charge in [0, 0.05) is 0 Å². The van der Waals surface area contributed by atoms with E-state index in [0.717, 1.165) is 5.56 Å². The van der Waals surface area contributed by atoms with Gasteiger partial charge in [0.05, 0.1) is 0 Å². The van der Waals surface area contributed by atoms with Crippen molar-refractivity contribution in [3.8, 4) is 0 Å². The van der Waals surface area contributed by atoms with Gasteiger partial charge >= 0.3 is 54.9 Å². The molecule has 0 aliphatic carbocycles. The fourth-order valence-corrected chi connectivity index (χ4v) is 0.691. The van der Waals surface area contributed by atoms with Gasteiger partial charge in [-0.3, -0.25) is 0 Å². The third kappa shape index (κ3) is 3.77. The first-order valence-corrected chi connectivity index (χ1v) is 2.78. The van der Waals surface area contributed by atoms with Crippen LogP contribution < -0.4 is 5.46 Å². The second-order valence-electron chi connectivity index (χ2n) is 1.90. The summed E-state index contributed by atoms with van der Waals surface area (Å²) < 4.78 is 0. The fraction of sp³-hybridized carbons (Fsp3) is 0.143. The van der Waals surface area contributed by atoms with E-state index in [1.807, 2.05) is 12.1 Å². The van der Waals surface area contributed by atoms with Crippen molar-refractivity contribution in [3.05, 3.63) is 29.8 Å². The van der Waals surface area contributed by atoms with Gasteiger partial charge in [0.25, 0.3) is 0 Å². The Kier molecular flexibility index (Phi) is 6.88. The molecule has 0 fully saturated rings. The van der Waals surface area contributed by atoms with Crippen molar-refractivity contribution in [2.75, 3.05) is 0 Å². The summed E-state index contributed by atoms with van der Waals surface area (Å²) in [6.07, 6.45) is 0. The number of aliphatic hydroxyl groups excluding tert-OH is 1. The van der Waals surface area contributed by atoms with Gasteiger partial charge in [0.1, 0.15) is 0 Å². The van der Waals surface area contributed by atoms with E-state index in [1.54, 1.807) is 12.1 Å². The molecule has 3 nitrogen and oxygen atoms in total. The van der Waals surface area contributed by atoms with Crippen LogP contribution in [0.15, 0.2) is 24.3 Å². The van der Waals surface area contributed by atoms with Crippen LogP contribution in [-0.2, 0) is 6.61 Å². The van der Waals surface area contributed by atoms with E-state index in [4.69, 9.17) is 13.0 Å². The van der Waals surface area contributed by atoms with Gasteiger partial charge in [0.2, 0.25) is 0 Å². The zero-order chi connectivity index (χ0) is 6.69. The monoisotopic (exact) mass is 152 g/mol. The van der Waals surface area contributed by atoms with E-state index in [-0.39, 0.29) is 17.6 Å². The Bertz CT molecular complexity index is 203. The Balaban J connectivity index is 0. The largest absolute Gasteiger partial charge is 0.870 e. The first-order chi connectivity index (χ1) is 4.33. The minimum absolute atomic E-state index is 0. The van der Waals surface area contributed by atoms with Gasteiger partial charge in [0.15, 0.2) is 0 Å². The zero-order valence-corrected chi connectivity index (χ0v) is 5.94. The van der Waals surface area contributed by atoms with Crippen molar-refractivity contribution < 1.29 is 16.1 Å². The van der Waals surface area contributed by atoms with E-state index < -0.39 is 0 Å². The van der Waals surface area contributed by atoms with Crippen LogP contribution in [0.4, 0.5) is 0 Å². The molecule has 0 unspecified atom stereocenters. The van der Waals surface area contributed by atoms with Crippen LogP contribution in [0, 0.1) is 0 Å². The standard InChI is InChI=1S/C7H7BO.2H2O/c8-7-3-1-2-6(4-7)5-9;;/h1-4,9H,5H2;2*1H2/q+2;;/p-2. The Hall–Kier alpha value is -0.835. The molecule has 1 rings (SSSR count).